The highest BCUT2D eigenvalue weighted by atomic mass is 19.3. The number of hydrogen-bond acceptors (Lipinski definition) is 1. The largest absolute Gasteiger partial charge is 0.317 e. The molecule has 1 aliphatic heterocycles. The lowest BCUT2D eigenvalue weighted by Crippen LogP contribution is -2.32. The highest BCUT2D eigenvalue weighted by Gasteiger charge is 2.41. The van der Waals surface area contributed by atoms with Crippen molar-refractivity contribution in [3.63, 3.8) is 0 Å². The molecule has 1 saturated heterocycles. The minimum Gasteiger partial charge on any atom is -0.317 e. The van der Waals surface area contributed by atoms with Gasteiger partial charge in [0.15, 0.2) is 0 Å². The number of rotatable bonds is 3. The second kappa shape index (κ2) is 6.12. The van der Waals surface area contributed by atoms with Crippen molar-refractivity contribution in [2.45, 2.75) is 63.7 Å². The monoisotopic (exact) mass is 245 g/mol. The van der Waals surface area contributed by atoms with Crippen LogP contribution in [0.25, 0.3) is 0 Å². The van der Waals surface area contributed by atoms with Gasteiger partial charge < -0.3 is 5.32 Å². The molecule has 1 unspecified atom stereocenters. The molecule has 2 rings (SSSR count). The molecule has 0 amide bonds. The Kier molecular flexibility index (Phi) is 4.78. The highest BCUT2D eigenvalue weighted by molar-refractivity contribution is 4.83. The first-order valence-electron chi connectivity index (χ1n) is 7.27. The first-order valence-corrected chi connectivity index (χ1v) is 7.27. The molecule has 1 heterocycles. The summed E-state index contributed by atoms with van der Waals surface area (Å²) >= 11 is 0. The van der Waals surface area contributed by atoms with E-state index in [0.717, 1.165) is 64.5 Å². The maximum absolute atomic E-state index is 14.2. The van der Waals surface area contributed by atoms with Crippen LogP contribution in [0.1, 0.15) is 57.8 Å². The first-order chi connectivity index (χ1) is 8.18. The average Bonchev–Trinajstić information content (AvgIpc) is 2.58. The molecule has 2 aliphatic rings. The van der Waals surface area contributed by atoms with Crippen LogP contribution in [0.2, 0.25) is 0 Å². The van der Waals surface area contributed by atoms with E-state index < -0.39 is 5.92 Å². The molecule has 17 heavy (non-hydrogen) atoms. The van der Waals surface area contributed by atoms with Gasteiger partial charge in [-0.2, -0.15) is 0 Å². The number of halogens is 2. The molecule has 1 aliphatic carbocycles. The third-order valence-electron chi connectivity index (χ3n) is 4.46. The Morgan fingerprint density at radius 3 is 2.41 bits per heavy atom. The normalized spacial score (nSPS) is 28.9. The third kappa shape index (κ3) is 3.90. The topological polar surface area (TPSA) is 12.0 Å². The number of hydrogen-bond donors (Lipinski definition) is 1. The fraction of sp³-hybridized carbons (Fsp3) is 1.00. The van der Waals surface area contributed by atoms with E-state index in [4.69, 9.17) is 0 Å². The van der Waals surface area contributed by atoms with Crippen molar-refractivity contribution in [1.82, 2.24) is 5.32 Å². The summed E-state index contributed by atoms with van der Waals surface area (Å²) in [7, 11) is 0. The van der Waals surface area contributed by atoms with Crippen LogP contribution in [-0.4, -0.2) is 19.0 Å². The third-order valence-corrected chi connectivity index (χ3v) is 4.46. The Hall–Kier alpha value is -0.180. The summed E-state index contributed by atoms with van der Waals surface area (Å²) in [5.74, 6) is -2.50. The summed E-state index contributed by atoms with van der Waals surface area (Å²) in [6.45, 7) is 1.93. The van der Waals surface area contributed by atoms with E-state index in [1.165, 1.54) is 0 Å². The van der Waals surface area contributed by atoms with Gasteiger partial charge in [-0.1, -0.05) is 19.3 Å². The van der Waals surface area contributed by atoms with Gasteiger partial charge in [0.2, 0.25) is 0 Å². The molecule has 3 heteroatoms. The molecule has 0 spiro atoms. The number of nitrogens with one attached hydrogen (secondary N) is 1. The molecule has 100 valence electrons. The van der Waals surface area contributed by atoms with E-state index in [2.05, 4.69) is 5.32 Å². The van der Waals surface area contributed by atoms with Crippen molar-refractivity contribution in [3.05, 3.63) is 0 Å². The van der Waals surface area contributed by atoms with Gasteiger partial charge >= 0.3 is 0 Å². The first kappa shape index (κ1) is 13.3. The maximum atomic E-state index is 14.2. The molecule has 1 saturated carbocycles. The van der Waals surface area contributed by atoms with E-state index >= 15 is 0 Å². The molecule has 0 radical (unpaired) electrons. The Balaban J connectivity index is 1.85. The zero-order chi connectivity index (χ0) is 12.1. The van der Waals surface area contributed by atoms with Crippen LogP contribution < -0.4 is 5.32 Å². The minimum atomic E-state index is -2.41. The Morgan fingerprint density at radius 2 is 1.65 bits per heavy atom. The molecule has 1 N–H and O–H groups in total. The molecule has 1 nitrogen and oxygen atoms in total. The lowest BCUT2D eigenvalue weighted by molar-refractivity contribution is -0.0894. The van der Waals surface area contributed by atoms with E-state index in [1.54, 1.807) is 0 Å². The van der Waals surface area contributed by atoms with Gasteiger partial charge in [-0.3, -0.25) is 0 Å². The van der Waals surface area contributed by atoms with Crippen LogP contribution in [0, 0.1) is 11.8 Å². The molecule has 1 atom stereocenters. The summed E-state index contributed by atoms with van der Waals surface area (Å²) in [5.41, 5.74) is 0. The Bertz CT molecular complexity index is 216. The molecule has 2 fully saturated rings. The molecular weight excluding hydrogens is 220 g/mol. The van der Waals surface area contributed by atoms with E-state index in [1.807, 2.05) is 0 Å². The molecule has 0 aromatic carbocycles. The van der Waals surface area contributed by atoms with Crippen LogP contribution >= 0.6 is 0 Å². The summed E-state index contributed by atoms with van der Waals surface area (Å²) in [6, 6.07) is 0. The van der Waals surface area contributed by atoms with Crippen molar-refractivity contribution in [3.8, 4) is 0 Å². The van der Waals surface area contributed by atoms with Crippen molar-refractivity contribution in [2.24, 2.45) is 11.8 Å². The van der Waals surface area contributed by atoms with Crippen LogP contribution in [0.3, 0.4) is 0 Å². The van der Waals surface area contributed by atoms with Crippen LogP contribution in [0.15, 0.2) is 0 Å². The second-order valence-electron chi connectivity index (χ2n) is 5.85. The molecule has 0 aromatic rings. The average molecular weight is 245 g/mol. The Labute approximate surface area is 103 Å². The number of alkyl halides is 2. The van der Waals surface area contributed by atoms with Crippen molar-refractivity contribution < 1.29 is 8.78 Å². The van der Waals surface area contributed by atoms with Crippen molar-refractivity contribution in [2.75, 3.05) is 13.1 Å². The van der Waals surface area contributed by atoms with Gasteiger partial charge in [-0.15, -0.1) is 0 Å². The summed E-state index contributed by atoms with van der Waals surface area (Å²) in [6.07, 6.45) is 7.78. The lowest BCUT2D eigenvalue weighted by Gasteiger charge is -2.32. The zero-order valence-corrected chi connectivity index (χ0v) is 10.7. The van der Waals surface area contributed by atoms with Gasteiger partial charge in [0.25, 0.3) is 5.92 Å². The van der Waals surface area contributed by atoms with Gasteiger partial charge in [-0.25, -0.2) is 8.78 Å². The molecule has 0 aromatic heterocycles. The van der Waals surface area contributed by atoms with E-state index in [-0.39, 0.29) is 18.3 Å². The van der Waals surface area contributed by atoms with Gasteiger partial charge in [0, 0.05) is 12.3 Å². The smallest absolute Gasteiger partial charge is 0.251 e. The highest BCUT2D eigenvalue weighted by Crippen LogP contribution is 2.41. The van der Waals surface area contributed by atoms with Crippen LogP contribution in [-0.2, 0) is 0 Å². The van der Waals surface area contributed by atoms with Crippen LogP contribution in [0.5, 0.6) is 0 Å². The van der Waals surface area contributed by atoms with E-state index in [9.17, 15) is 8.78 Å². The van der Waals surface area contributed by atoms with Gasteiger partial charge in [0.1, 0.15) is 0 Å². The predicted molar refractivity (Wildman–Crippen MR) is 66.3 cm³/mol. The SMILES string of the molecule is FC(F)(CC1CCCNCC1)C1CCCCC1. The van der Waals surface area contributed by atoms with E-state index in [0.29, 0.717) is 0 Å². The van der Waals surface area contributed by atoms with Crippen molar-refractivity contribution in [1.29, 1.82) is 0 Å². The molecular formula is C14H25F2N. The second-order valence-corrected chi connectivity index (χ2v) is 5.85. The zero-order valence-electron chi connectivity index (χ0n) is 10.7. The maximum Gasteiger partial charge on any atom is 0.251 e. The van der Waals surface area contributed by atoms with Gasteiger partial charge in [-0.05, 0) is 51.1 Å². The quantitative estimate of drug-likeness (QED) is 0.793. The predicted octanol–water partition coefficient (Wildman–Crippen LogP) is 3.98. The fourth-order valence-corrected chi connectivity index (χ4v) is 3.37. The van der Waals surface area contributed by atoms with Gasteiger partial charge in [0.05, 0.1) is 0 Å². The summed E-state index contributed by atoms with van der Waals surface area (Å²) in [4.78, 5) is 0. The molecule has 0 bridgehead atoms. The minimum absolute atomic E-state index is 0.138. The lowest BCUT2D eigenvalue weighted by atomic mass is 9.80. The summed E-state index contributed by atoms with van der Waals surface area (Å²) < 4.78 is 28.4. The van der Waals surface area contributed by atoms with Crippen LogP contribution in [0.4, 0.5) is 8.78 Å². The van der Waals surface area contributed by atoms with Crippen molar-refractivity contribution >= 4 is 0 Å². The standard InChI is InChI=1S/C14H25F2N/c15-14(16,13-6-2-1-3-7-13)11-12-5-4-9-17-10-8-12/h12-13,17H,1-11H2. The fourth-order valence-electron chi connectivity index (χ4n) is 3.37. The summed E-state index contributed by atoms with van der Waals surface area (Å²) in [5, 5.41) is 3.30. The Morgan fingerprint density at radius 1 is 0.882 bits per heavy atom.